The molecule has 0 spiro atoms. The molecule has 0 aliphatic heterocycles. The molecule has 0 heterocycles. The molecule has 0 atom stereocenters. The molecule has 0 amide bonds. The van der Waals surface area contributed by atoms with Crippen molar-refractivity contribution in [3.63, 3.8) is 0 Å². The van der Waals surface area contributed by atoms with E-state index in [0.29, 0.717) is 5.56 Å². The van der Waals surface area contributed by atoms with E-state index in [1.54, 1.807) is 12.1 Å². The van der Waals surface area contributed by atoms with Crippen molar-refractivity contribution < 1.29 is 22.5 Å². The number of rotatable bonds is 20. The van der Waals surface area contributed by atoms with Crippen molar-refractivity contribution in [1.82, 2.24) is 0 Å². The zero-order valence-electron chi connectivity index (χ0n) is 19.8. The summed E-state index contributed by atoms with van der Waals surface area (Å²) in [5, 5.41) is 3.35. The molecule has 33 heavy (non-hydrogen) atoms. The maximum absolute atomic E-state index is 11.8. The molecular formula is C25H44NNaO5S. The molecule has 8 heteroatoms. The van der Waals surface area contributed by atoms with Gasteiger partial charge in [0.1, 0.15) is 12.4 Å². The molecule has 0 radical (unpaired) electrons. The standard InChI is InChI=1S/C25H43NO5S.Na.H/c1-2-3-4-5-6-7-8-9-10-11-12-13-14-15-20-26-24-18-16-23(17-19-24)25(27)31-21-22-32(28,29)30;;/h16-19,26H,2-15,20-22H2,1H3,(H,28,29,30);;. The summed E-state index contributed by atoms with van der Waals surface area (Å²) >= 11 is 0. The monoisotopic (exact) mass is 493 g/mol. The molecule has 0 fully saturated rings. The number of nitrogens with one attached hydrogen (secondary N) is 1. The summed E-state index contributed by atoms with van der Waals surface area (Å²) in [5.74, 6) is -1.20. The molecule has 0 aliphatic carbocycles. The first-order valence-corrected chi connectivity index (χ1v) is 14.0. The number of anilines is 1. The van der Waals surface area contributed by atoms with Crippen molar-refractivity contribution >= 4 is 51.3 Å². The van der Waals surface area contributed by atoms with Gasteiger partial charge < -0.3 is 10.1 Å². The molecule has 0 aliphatic rings. The molecule has 186 valence electrons. The Kier molecular flexibility index (Phi) is 20.4. The van der Waals surface area contributed by atoms with E-state index >= 15 is 0 Å². The second-order valence-corrected chi connectivity index (χ2v) is 10.1. The number of carbonyl (C=O) groups excluding carboxylic acids is 1. The number of benzene rings is 1. The third-order valence-electron chi connectivity index (χ3n) is 5.55. The van der Waals surface area contributed by atoms with Crippen LogP contribution in [-0.4, -0.2) is 67.4 Å². The minimum atomic E-state index is -4.13. The number of hydrogen-bond acceptors (Lipinski definition) is 5. The Labute approximate surface area is 223 Å². The quantitative estimate of drug-likeness (QED) is 0.101. The fourth-order valence-electron chi connectivity index (χ4n) is 3.60. The van der Waals surface area contributed by atoms with Crippen molar-refractivity contribution in [2.75, 3.05) is 24.2 Å². The van der Waals surface area contributed by atoms with E-state index in [9.17, 15) is 13.2 Å². The van der Waals surface area contributed by atoms with Crippen LogP contribution in [0.15, 0.2) is 24.3 Å². The number of ether oxygens (including phenoxy) is 1. The Bertz CT molecular complexity index is 710. The van der Waals surface area contributed by atoms with Gasteiger partial charge in [-0.2, -0.15) is 8.42 Å². The molecule has 0 saturated carbocycles. The molecule has 1 rings (SSSR count). The fourth-order valence-corrected chi connectivity index (χ4v) is 3.89. The number of unbranched alkanes of at least 4 members (excludes halogenated alkanes) is 13. The first kappa shape index (κ1) is 32.4. The van der Waals surface area contributed by atoms with Gasteiger partial charge in [-0.1, -0.05) is 90.4 Å². The predicted octanol–water partition coefficient (Wildman–Crippen LogP) is 5.98. The van der Waals surface area contributed by atoms with Crippen molar-refractivity contribution in [3.8, 4) is 0 Å². The van der Waals surface area contributed by atoms with Crippen LogP contribution < -0.4 is 5.32 Å². The van der Waals surface area contributed by atoms with E-state index in [0.717, 1.165) is 18.7 Å². The normalized spacial score (nSPS) is 11.1. The molecule has 0 aromatic heterocycles. The molecule has 6 nitrogen and oxygen atoms in total. The molecular weight excluding hydrogens is 449 g/mol. The van der Waals surface area contributed by atoms with Crippen LogP contribution in [0, 0.1) is 0 Å². The van der Waals surface area contributed by atoms with Gasteiger partial charge in [0.25, 0.3) is 10.1 Å². The van der Waals surface area contributed by atoms with Crippen LogP contribution in [0.25, 0.3) is 0 Å². The topological polar surface area (TPSA) is 92.7 Å². The SMILES string of the molecule is CCCCCCCCCCCCCCCCNc1ccc(C(=O)OCCS(=O)(=O)O)cc1.[NaH]. The maximum atomic E-state index is 11.8. The van der Waals surface area contributed by atoms with E-state index in [-0.39, 0.29) is 36.2 Å². The van der Waals surface area contributed by atoms with Crippen LogP contribution in [0.5, 0.6) is 0 Å². The van der Waals surface area contributed by atoms with Crippen molar-refractivity contribution in [2.24, 2.45) is 0 Å². The van der Waals surface area contributed by atoms with Gasteiger partial charge in [-0.15, -0.1) is 0 Å². The van der Waals surface area contributed by atoms with E-state index < -0.39 is 21.8 Å². The summed E-state index contributed by atoms with van der Waals surface area (Å²) in [4.78, 5) is 11.8. The van der Waals surface area contributed by atoms with Gasteiger partial charge in [0.15, 0.2) is 0 Å². The van der Waals surface area contributed by atoms with Crippen LogP contribution in [0.2, 0.25) is 0 Å². The third-order valence-corrected chi connectivity index (χ3v) is 6.24. The number of hydrogen-bond donors (Lipinski definition) is 2. The first-order chi connectivity index (χ1) is 15.4. The summed E-state index contributed by atoms with van der Waals surface area (Å²) in [5.41, 5.74) is 1.29. The van der Waals surface area contributed by atoms with Crippen molar-refractivity contribution in [3.05, 3.63) is 29.8 Å². The molecule has 1 aromatic carbocycles. The molecule has 0 saturated heterocycles. The zero-order valence-corrected chi connectivity index (χ0v) is 20.6. The Morgan fingerprint density at radius 3 is 1.73 bits per heavy atom. The fraction of sp³-hybridized carbons (Fsp3) is 0.720. The van der Waals surface area contributed by atoms with Crippen LogP contribution in [0.4, 0.5) is 5.69 Å². The van der Waals surface area contributed by atoms with E-state index in [1.165, 1.54) is 83.5 Å². The molecule has 1 aromatic rings. The summed E-state index contributed by atoms with van der Waals surface area (Å²) < 4.78 is 34.7. The van der Waals surface area contributed by atoms with Gasteiger partial charge in [0, 0.05) is 12.2 Å². The zero-order chi connectivity index (χ0) is 23.5. The van der Waals surface area contributed by atoms with E-state index in [1.807, 2.05) is 12.1 Å². The second-order valence-electron chi connectivity index (χ2n) is 8.52. The Hall–Kier alpha value is -0.600. The van der Waals surface area contributed by atoms with E-state index in [2.05, 4.69) is 12.2 Å². The van der Waals surface area contributed by atoms with Gasteiger partial charge in [-0.25, -0.2) is 4.79 Å². The average molecular weight is 494 g/mol. The van der Waals surface area contributed by atoms with Gasteiger partial charge in [-0.3, -0.25) is 4.55 Å². The molecule has 0 unspecified atom stereocenters. The Morgan fingerprint density at radius 2 is 1.27 bits per heavy atom. The van der Waals surface area contributed by atoms with Crippen LogP contribution in [-0.2, 0) is 14.9 Å². The Balaban J connectivity index is 0.0000102. The van der Waals surface area contributed by atoms with Crippen LogP contribution in [0.3, 0.4) is 0 Å². The van der Waals surface area contributed by atoms with Crippen LogP contribution >= 0.6 is 0 Å². The van der Waals surface area contributed by atoms with Gasteiger partial charge >= 0.3 is 35.5 Å². The summed E-state index contributed by atoms with van der Waals surface area (Å²) in [6, 6.07) is 6.90. The molecule has 2 N–H and O–H groups in total. The summed E-state index contributed by atoms with van der Waals surface area (Å²) in [7, 11) is -4.13. The average Bonchev–Trinajstić information content (AvgIpc) is 2.76. The first-order valence-electron chi connectivity index (χ1n) is 12.4. The Morgan fingerprint density at radius 1 is 0.818 bits per heavy atom. The van der Waals surface area contributed by atoms with Crippen LogP contribution in [0.1, 0.15) is 107 Å². The van der Waals surface area contributed by atoms with Crippen molar-refractivity contribution in [2.45, 2.75) is 96.8 Å². The van der Waals surface area contributed by atoms with E-state index in [4.69, 9.17) is 9.29 Å². The van der Waals surface area contributed by atoms with Gasteiger partial charge in [0.05, 0.1) is 5.56 Å². The second kappa shape index (κ2) is 20.7. The van der Waals surface area contributed by atoms with Gasteiger partial charge in [-0.05, 0) is 30.7 Å². The third kappa shape index (κ3) is 19.4. The minimum absolute atomic E-state index is 0. The van der Waals surface area contributed by atoms with Gasteiger partial charge in [0.2, 0.25) is 0 Å². The summed E-state index contributed by atoms with van der Waals surface area (Å²) in [6.07, 6.45) is 18.8. The van der Waals surface area contributed by atoms with Crippen molar-refractivity contribution in [1.29, 1.82) is 0 Å². The predicted molar refractivity (Wildman–Crippen MR) is 139 cm³/mol. The number of esters is 1. The molecule has 0 bridgehead atoms. The number of carbonyl (C=O) groups is 1. The summed E-state index contributed by atoms with van der Waals surface area (Å²) in [6.45, 7) is 2.80.